The van der Waals surface area contributed by atoms with Crippen molar-refractivity contribution in [2.45, 2.75) is 43.3 Å². The topological polar surface area (TPSA) is 111 Å². The average molecular weight is 516 g/mol. The molecule has 1 unspecified atom stereocenters. The Morgan fingerprint density at radius 1 is 1.17 bits per heavy atom. The second kappa shape index (κ2) is 8.94. The molecule has 1 amide bonds. The molecular weight excluding hydrogens is 499 g/mol. The van der Waals surface area contributed by atoms with Gasteiger partial charge in [-0.05, 0) is 30.2 Å². The first-order chi connectivity index (χ1) is 16.5. The second-order valence-corrected chi connectivity index (χ2v) is 9.78. The van der Waals surface area contributed by atoms with Crippen LogP contribution in [0.25, 0.3) is 17.2 Å². The predicted octanol–water partition coefficient (Wildman–Crippen LogP) is 2.99. The highest BCUT2D eigenvalue weighted by atomic mass is 32.2. The van der Waals surface area contributed by atoms with Gasteiger partial charge in [-0.3, -0.25) is 14.7 Å². The first-order valence-corrected chi connectivity index (χ1v) is 11.8. The molecule has 0 saturated heterocycles. The molecule has 3 aromatic rings. The number of nitrogens with zero attached hydrogens (tertiary/aromatic N) is 6. The van der Waals surface area contributed by atoms with Crippen LogP contribution in [-0.2, 0) is 21.1 Å². The zero-order valence-corrected chi connectivity index (χ0v) is 18.8. The second-order valence-electron chi connectivity index (χ2n) is 7.53. The SMILES string of the molecule is CCS(=O)(=O)c1ccc(-n2cncn2)nc1-c1cc2c(cn1)N(C(F)C(F)(F)C(F)F)C(=O)CC2. The van der Waals surface area contributed by atoms with Gasteiger partial charge in [-0.25, -0.2) is 36.2 Å². The van der Waals surface area contributed by atoms with Crippen molar-refractivity contribution in [2.75, 3.05) is 10.7 Å². The number of anilines is 1. The molecule has 1 atom stereocenters. The highest BCUT2D eigenvalue weighted by molar-refractivity contribution is 7.91. The number of pyridine rings is 2. The van der Waals surface area contributed by atoms with Crippen molar-refractivity contribution < 1.29 is 35.2 Å². The molecule has 0 N–H and O–H groups in total. The Morgan fingerprint density at radius 2 is 1.91 bits per heavy atom. The van der Waals surface area contributed by atoms with Gasteiger partial charge in [-0.15, -0.1) is 0 Å². The summed E-state index contributed by atoms with van der Waals surface area (Å²) < 4.78 is 94.0. The molecule has 0 radical (unpaired) electrons. The lowest BCUT2D eigenvalue weighted by Gasteiger charge is -2.34. The van der Waals surface area contributed by atoms with Crippen LogP contribution in [-0.4, -0.2) is 63.5 Å². The molecule has 0 bridgehead atoms. The molecule has 0 aliphatic carbocycles. The van der Waals surface area contributed by atoms with Gasteiger partial charge >= 0.3 is 12.3 Å². The quantitative estimate of drug-likeness (QED) is 0.351. The van der Waals surface area contributed by atoms with Crippen LogP contribution in [0.3, 0.4) is 0 Å². The van der Waals surface area contributed by atoms with Crippen LogP contribution in [0.15, 0.2) is 41.9 Å². The summed E-state index contributed by atoms with van der Waals surface area (Å²) in [4.78, 5) is 24.1. The summed E-state index contributed by atoms with van der Waals surface area (Å²) in [6.45, 7) is 1.43. The van der Waals surface area contributed by atoms with E-state index >= 15 is 0 Å². The van der Waals surface area contributed by atoms with E-state index in [-0.39, 0.29) is 44.7 Å². The monoisotopic (exact) mass is 516 g/mol. The number of halogens is 5. The van der Waals surface area contributed by atoms with Gasteiger partial charge in [0.1, 0.15) is 18.3 Å². The molecule has 0 saturated carbocycles. The van der Waals surface area contributed by atoms with Gasteiger partial charge in [0.25, 0.3) is 0 Å². The summed E-state index contributed by atoms with van der Waals surface area (Å²) in [5.41, 5.74) is -0.385. The number of aryl methyl sites for hydroxylation is 1. The number of hydrogen-bond acceptors (Lipinski definition) is 7. The Bertz CT molecular complexity index is 1370. The smallest absolute Gasteiger partial charge is 0.274 e. The van der Waals surface area contributed by atoms with Crippen LogP contribution >= 0.6 is 0 Å². The standard InChI is InChI=1S/C20H17F5N6O3S/c1-2-35(33,34)14-4-5-15(30-10-26-9-28-30)29-17(14)12-7-11-3-6-16(32)31(13(11)8-27-12)19(23)20(24,25)18(21)22/h4-5,7-10,18-19H,2-3,6H2,1H3. The minimum Gasteiger partial charge on any atom is -0.274 e. The normalized spacial score (nSPS) is 15.4. The fourth-order valence-electron chi connectivity index (χ4n) is 3.54. The van der Waals surface area contributed by atoms with E-state index in [0.29, 0.717) is 0 Å². The highest BCUT2D eigenvalue weighted by Gasteiger charge is 2.54. The minimum atomic E-state index is -5.11. The van der Waals surface area contributed by atoms with Crippen molar-refractivity contribution in [1.82, 2.24) is 24.7 Å². The molecule has 0 spiro atoms. The summed E-state index contributed by atoms with van der Waals surface area (Å²) in [6.07, 6.45) is -4.99. The molecule has 35 heavy (non-hydrogen) atoms. The fourth-order valence-corrected chi connectivity index (χ4v) is 4.57. The number of fused-ring (bicyclic) bond motifs is 1. The first kappa shape index (κ1) is 24.6. The first-order valence-electron chi connectivity index (χ1n) is 10.2. The third-order valence-electron chi connectivity index (χ3n) is 5.39. The van der Waals surface area contributed by atoms with Crippen LogP contribution < -0.4 is 4.90 Å². The fraction of sp³-hybridized carbons (Fsp3) is 0.350. The third-order valence-corrected chi connectivity index (χ3v) is 7.15. The number of rotatable bonds is 7. The molecular formula is C20H17F5N6O3S. The van der Waals surface area contributed by atoms with E-state index in [0.717, 1.165) is 6.20 Å². The van der Waals surface area contributed by atoms with Crippen LogP contribution in [0.2, 0.25) is 0 Å². The lowest BCUT2D eigenvalue weighted by molar-refractivity contribution is -0.173. The Labute approximate surface area is 195 Å². The Kier molecular flexibility index (Phi) is 6.29. The molecule has 1 aliphatic rings. The van der Waals surface area contributed by atoms with Crippen molar-refractivity contribution in [1.29, 1.82) is 0 Å². The lowest BCUT2D eigenvalue weighted by Crippen LogP contribution is -2.53. The van der Waals surface area contributed by atoms with Crippen molar-refractivity contribution in [3.8, 4) is 17.2 Å². The summed E-state index contributed by atoms with van der Waals surface area (Å²) >= 11 is 0. The molecule has 4 heterocycles. The number of aromatic nitrogens is 5. The average Bonchev–Trinajstić information content (AvgIpc) is 3.38. The van der Waals surface area contributed by atoms with Crippen LogP contribution in [0.4, 0.5) is 27.6 Å². The maximum Gasteiger partial charge on any atom is 0.356 e. The van der Waals surface area contributed by atoms with Crippen molar-refractivity contribution in [2.24, 2.45) is 0 Å². The van der Waals surface area contributed by atoms with Gasteiger partial charge in [-0.1, -0.05) is 6.92 Å². The number of alkyl halides is 5. The number of amides is 1. The van der Waals surface area contributed by atoms with Crippen LogP contribution in [0.1, 0.15) is 18.9 Å². The third kappa shape index (κ3) is 4.35. The van der Waals surface area contributed by atoms with Gasteiger partial charge in [0.2, 0.25) is 12.2 Å². The minimum absolute atomic E-state index is 0.0110. The lowest BCUT2D eigenvalue weighted by atomic mass is 10.0. The molecule has 1 aliphatic heterocycles. The van der Waals surface area contributed by atoms with E-state index in [1.54, 1.807) is 0 Å². The zero-order valence-electron chi connectivity index (χ0n) is 17.9. The zero-order chi connectivity index (χ0) is 25.5. The number of hydrogen-bond donors (Lipinski definition) is 0. The van der Waals surface area contributed by atoms with Crippen LogP contribution in [0, 0.1) is 0 Å². The van der Waals surface area contributed by atoms with Crippen LogP contribution in [0.5, 0.6) is 0 Å². The van der Waals surface area contributed by atoms with Gasteiger partial charge in [0, 0.05) is 6.42 Å². The molecule has 4 rings (SSSR count). The number of carbonyl (C=O) groups excluding carboxylic acids is 1. The maximum absolute atomic E-state index is 14.5. The molecule has 0 fully saturated rings. The van der Waals surface area contributed by atoms with Crippen molar-refractivity contribution in [3.05, 3.63) is 42.6 Å². The van der Waals surface area contributed by atoms with E-state index in [4.69, 9.17) is 0 Å². The van der Waals surface area contributed by atoms with Gasteiger partial charge in [0.05, 0.1) is 28.2 Å². The predicted molar refractivity (Wildman–Crippen MR) is 112 cm³/mol. The van der Waals surface area contributed by atoms with E-state index in [1.165, 1.54) is 42.5 Å². The maximum atomic E-state index is 14.5. The van der Waals surface area contributed by atoms with Gasteiger partial charge in [0.15, 0.2) is 15.7 Å². The summed E-state index contributed by atoms with van der Waals surface area (Å²) in [7, 11) is -3.80. The summed E-state index contributed by atoms with van der Waals surface area (Å²) in [5.74, 6) is -6.28. The van der Waals surface area contributed by atoms with E-state index in [1.807, 2.05) is 0 Å². The summed E-state index contributed by atoms with van der Waals surface area (Å²) in [5, 5.41) is 3.93. The van der Waals surface area contributed by atoms with Crippen molar-refractivity contribution in [3.63, 3.8) is 0 Å². The Balaban J connectivity index is 1.85. The van der Waals surface area contributed by atoms with Gasteiger partial charge < -0.3 is 0 Å². The number of carbonyl (C=O) groups is 1. The molecule has 15 heteroatoms. The molecule has 186 valence electrons. The largest absolute Gasteiger partial charge is 0.356 e. The Hall–Kier alpha value is -3.49. The van der Waals surface area contributed by atoms with E-state index in [9.17, 15) is 35.2 Å². The molecule has 0 aromatic carbocycles. The number of sulfone groups is 1. The molecule has 3 aromatic heterocycles. The van der Waals surface area contributed by atoms with Crippen molar-refractivity contribution >= 4 is 21.4 Å². The Morgan fingerprint density at radius 3 is 2.54 bits per heavy atom. The van der Waals surface area contributed by atoms with E-state index in [2.05, 4.69) is 20.1 Å². The molecule has 9 nitrogen and oxygen atoms in total. The van der Waals surface area contributed by atoms with Gasteiger partial charge in [-0.2, -0.15) is 13.9 Å². The summed E-state index contributed by atoms with van der Waals surface area (Å²) in [6, 6.07) is 3.97. The van der Waals surface area contributed by atoms with E-state index < -0.39 is 46.5 Å². The highest BCUT2D eigenvalue weighted by Crippen LogP contribution is 2.39.